The van der Waals surface area contributed by atoms with Crippen molar-refractivity contribution in [3.8, 4) is 5.75 Å². The van der Waals surface area contributed by atoms with Crippen LogP contribution in [0.25, 0.3) is 0 Å². The van der Waals surface area contributed by atoms with Crippen LogP contribution in [-0.2, 0) is 6.54 Å². The number of benzene rings is 1. The topological polar surface area (TPSA) is 35.5 Å². The molecule has 1 fully saturated rings. The molecule has 0 spiro atoms. The second-order valence-corrected chi connectivity index (χ2v) is 5.34. The largest absolute Gasteiger partial charge is 0.508 e. The first-order valence-corrected chi connectivity index (χ1v) is 6.85. The summed E-state index contributed by atoms with van der Waals surface area (Å²) in [5, 5.41) is 13.2. The van der Waals surface area contributed by atoms with Crippen LogP contribution in [0.2, 0.25) is 0 Å². The van der Waals surface area contributed by atoms with Crippen LogP contribution in [-0.4, -0.2) is 36.2 Å². The van der Waals surface area contributed by atoms with Crippen molar-refractivity contribution in [1.29, 1.82) is 0 Å². The second kappa shape index (κ2) is 6.21. The van der Waals surface area contributed by atoms with Crippen LogP contribution in [0.1, 0.15) is 31.2 Å². The number of phenols is 1. The molecular weight excluding hydrogens is 224 g/mol. The van der Waals surface area contributed by atoms with E-state index in [9.17, 15) is 5.11 Å². The Bertz CT molecular complexity index is 373. The maximum absolute atomic E-state index is 9.80. The van der Waals surface area contributed by atoms with E-state index in [1.165, 1.54) is 25.7 Å². The van der Waals surface area contributed by atoms with Crippen LogP contribution < -0.4 is 5.32 Å². The van der Waals surface area contributed by atoms with Crippen LogP contribution in [0.15, 0.2) is 24.3 Å². The summed E-state index contributed by atoms with van der Waals surface area (Å²) in [6.45, 7) is 0.835. The van der Waals surface area contributed by atoms with Crippen molar-refractivity contribution in [1.82, 2.24) is 10.2 Å². The Balaban J connectivity index is 1.89. The SMILES string of the molecule is CNC1CCC(N(C)Cc2ccccc2O)CC1. The van der Waals surface area contributed by atoms with Crippen LogP contribution in [0, 0.1) is 0 Å². The van der Waals surface area contributed by atoms with Gasteiger partial charge in [0.25, 0.3) is 0 Å². The number of phenolic OH excluding ortho intramolecular Hbond substituents is 1. The second-order valence-electron chi connectivity index (χ2n) is 5.34. The average molecular weight is 248 g/mol. The molecule has 0 bridgehead atoms. The van der Waals surface area contributed by atoms with Gasteiger partial charge in [0.05, 0.1) is 0 Å². The van der Waals surface area contributed by atoms with E-state index in [2.05, 4.69) is 24.3 Å². The van der Waals surface area contributed by atoms with E-state index in [0.29, 0.717) is 17.8 Å². The van der Waals surface area contributed by atoms with E-state index < -0.39 is 0 Å². The summed E-state index contributed by atoms with van der Waals surface area (Å²) in [7, 11) is 4.22. The fourth-order valence-corrected chi connectivity index (χ4v) is 2.85. The quantitative estimate of drug-likeness (QED) is 0.858. The highest BCUT2D eigenvalue weighted by molar-refractivity contribution is 5.31. The molecule has 3 heteroatoms. The van der Waals surface area contributed by atoms with E-state index in [1.807, 2.05) is 18.2 Å². The monoisotopic (exact) mass is 248 g/mol. The molecule has 0 amide bonds. The van der Waals surface area contributed by atoms with Gasteiger partial charge in [-0.3, -0.25) is 4.90 Å². The van der Waals surface area contributed by atoms with Gasteiger partial charge in [0.1, 0.15) is 5.75 Å². The van der Waals surface area contributed by atoms with Gasteiger partial charge in [-0.1, -0.05) is 18.2 Å². The van der Waals surface area contributed by atoms with Crippen molar-refractivity contribution in [2.45, 2.75) is 44.3 Å². The number of hydrogen-bond acceptors (Lipinski definition) is 3. The molecule has 0 saturated heterocycles. The number of aromatic hydroxyl groups is 1. The lowest BCUT2D eigenvalue weighted by molar-refractivity contribution is 0.168. The third-order valence-electron chi connectivity index (χ3n) is 4.14. The molecule has 0 aliphatic heterocycles. The zero-order valence-electron chi connectivity index (χ0n) is 11.4. The first-order valence-electron chi connectivity index (χ1n) is 6.85. The Hall–Kier alpha value is -1.06. The number of para-hydroxylation sites is 1. The minimum atomic E-state index is 0.410. The lowest BCUT2D eigenvalue weighted by atomic mass is 9.90. The fraction of sp³-hybridized carbons (Fsp3) is 0.600. The molecule has 1 saturated carbocycles. The van der Waals surface area contributed by atoms with E-state index in [1.54, 1.807) is 6.07 Å². The van der Waals surface area contributed by atoms with E-state index >= 15 is 0 Å². The number of rotatable bonds is 4. The van der Waals surface area contributed by atoms with Crippen LogP contribution in [0.4, 0.5) is 0 Å². The van der Waals surface area contributed by atoms with Crippen molar-refractivity contribution >= 4 is 0 Å². The van der Waals surface area contributed by atoms with Crippen molar-refractivity contribution < 1.29 is 5.11 Å². The normalized spacial score (nSPS) is 24.4. The molecule has 1 aromatic carbocycles. The van der Waals surface area contributed by atoms with Gasteiger partial charge in [-0.15, -0.1) is 0 Å². The van der Waals surface area contributed by atoms with Crippen LogP contribution in [0.3, 0.4) is 0 Å². The summed E-state index contributed by atoms with van der Waals surface area (Å²) in [6, 6.07) is 8.97. The number of nitrogens with one attached hydrogen (secondary N) is 1. The summed E-state index contributed by atoms with van der Waals surface area (Å²) in [5.74, 6) is 0.410. The molecule has 0 heterocycles. The Morgan fingerprint density at radius 3 is 2.50 bits per heavy atom. The predicted octanol–water partition coefficient (Wildman–Crippen LogP) is 2.35. The van der Waals surface area contributed by atoms with Gasteiger partial charge in [0.15, 0.2) is 0 Å². The Kier molecular flexibility index (Phi) is 4.61. The van der Waals surface area contributed by atoms with E-state index in [-0.39, 0.29) is 0 Å². The Morgan fingerprint density at radius 1 is 1.22 bits per heavy atom. The molecule has 18 heavy (non-hydrogen) atoms. The van der Waals surface area contributed by atoms with Gasteiger partial charge in [-0.05, 0) is 45.8 Å². The van der Waals surface area contributed by atoms with E-state index in [4.69, 9.17) is 0 Å². The smallest absolute Gasteiger partial charge is 0.120 e. The van der Waals surface area contributed by atoms with Crippen LogP contribution in [0.5, 0.6) is 5.75 Å². The minimum absolute atomic E-state index is 0.410. The highest BCUT2D eigenvalue weighted by Gasteiger charge is 2.23. The molecule has 2 rings (SSSR count). The van der Waals surface area contributed by atoms with Gasteiger partial charge in [-0.2, -0.15) is 0 Å². The molecular formula is C15H24N2O. The first kappa shape index (κ1) is 13.4. The number of nitrogens with zero attached hydrogens (tertiary/aromatic N) is 1. The lowest BCUT2D eigenvalue weighted by Gasteiger charge is -2.34. The third-order valence-corrected chi connectivity index (χ3v) is 4.14. The number of hydrogen-bond donors (Lipinski definition) is 2. The van der Waals surface area contributed by atoms with Gasteiger partial charge in [-0.25, -0.2) is 0 Å². The Labute approximate surface area is 110 Å². The minimum Gasteiger partial charge on any atom is -0.508 e. The molecule has 0 unspecified atom stereocenters. The summed E-state index contributed by atoms with van der Waals surface area (Å²) >= 11 is 0. The molecule has 1 aliphatic carbocycles. The zero-order valence-corrected chi connectivity index (χ0v) is 11.4. The van der Waals surface area contributed by atoms with Crippen molar-refractivity contribution in [2.75, 3.05) is 14.1 Å². The van der Waals surface area contributed by atoms with Crippen molar-refractivity contribution in [3.63, 3.8) is 0 Å². The molecule has 3 nitrogen and oxygen atoms in total. The summed E-state index contributed by atoms with van der Waals surface area (Å²) in [6.07, 6.45) is 5.00. The van der Waals surface area contributed by atoms with Gasteiger partial charge >= 0.3 is 0 Å². The first-order chi connectivity index (χ1) is 8.70. The fourth-order valence-electron chi connectivity index (χ4n) is 2.85. The molecule has 0 atom stereocenters. The molecule has 1 aromatic rings. The molecule has 2 N–H and O–H groups in total. The van der Waals surface area contributed by atoms with Crippen LogP contribution >= 0.6 is 0 Å². The maximum Gasteiger partial charge on any atom is 0.120 e. The Morgan fingerprint density at radius 2 is 1.89 bits per heavy atom. The van der Waals surface area contributed by atoms with Gasteiger partial charge < -0.3 is 10.4 Å². The van der Waals surface area contributed by atoms with Crippen molar-refractivity contribution in [3.05, 3.63) is 29.8 Å². The standard InChI is InChI=1S/C15H24N2O/c1-16-13-7-9-14(10-8-13)17(2)11-12-5-3-4-6-15(12)18/h3-6,13-14,16,18H,7-11H2,1-2H3. The molecule has 1 aliphatic rings. The molecule has 100 valence electrons. The maximum atomic E-state index is 9.80. The highest BCUT2D eigenvalue weighted by Crippen LogP contribution is 2.25. The highest BCUT2D eigenvalue weighted by atomic mass is 16.3. The summed E-state index contributed by atoms with van der Waals surface area (Å²) < 4.78 is 0. The van der Waals surface area contributed by atoms with E-state index in [0.717, 1.165) is 12.1 Å². The predicted molar refractivity (Wildman–Crippen MR) is 74.7 cm³/mol. The lowest BCUT2D eigenvalue weighted by Crippen LogP contribution is -2.39. The molecule has 0 aromatic heterocycles. The summed E-state index contributed by atoms with van der Waals surface area (Å²) in [4.78, 5) is 2.38. The van der Waals surface area contributed by atoms with Crippen molar-refractivity contribution in [2.24, 2.45) is 0 Å². The van der Waals surface area contributed by atoms with Gasteiger partial charge in [0, 0.05) is 24.2 Å². The zero-order chi connectivity index (χ0) is 13.0. The average Bonchev–Trinajstić information content (AvgIpc) is 2.41. The van der Waals surface area contributed by atoms with Gasteiger partial charge in [0.2, 0.25) is 0 Å². The summed E-state index contributed by atoms with van der Waals surface area (Å²) in [5.41, 5.74) is 1.02. The molecule has 0 radical (unpaired) electrons. The third kappa shape index (κ3) is 3.24.